The van der Waals surface area contributed by atoms with Crippen molar-refractivity contribution in [1.29, 1.82) is 0 Å². The SMILES string of the molecule is CC(C)(O)C1CCN(Cc2ccc3nc(-c4n[nH]c5ccccc45)nc(N4CCOCC4)c3n2)CC1. The molecule has 5 heterocycles. The molecule has 36 heavy (non-hydrogen) atoms. The van der Waals surface area contributed by atoms with E-state index in [-0.39, 0.29) is 0 Å². The van der Waals surface area contributed by atoms with E-state index in [1.165, 1.54) is 0 Å². The van der Waals surface area contributed by atoms with Gasteiger partial charge in [-0.2, -0.15) is 5.10 Å². The summed E-state index contributed by atoms with van der Waals surface area (Å²) in [5.74, 6) is 1.79. The van der Waals surface area contributed by atoms with Crippen LogP contribution in [-0.2, 0) is 11.3 Å². The van der Waals surface area contributed by atoms with E-state index in [1.54, 1.807) is 0 Å². The van der Waals surface area contributed by atoms with Crippen molar-refractivity contribution in [2.45, 2.75) is 38.8 Å². The van der Waals surface area contributed by atoms with Gasteiger partial charge in [-0.25, -0.2) is 15.0 Å². The van der Waals surface area contributed by atoms with Crippen molar-refractivity contribution >= 4 is 27.8 Å². The molecule has 2 fully saturated rings. The molecule has 4 aromatic rings. The quantitative estimate of drug-likeness (QED) is 0.442. The zero-order valence-corrected chi connectivity index (χ0v) is 20.9. The molecule has 2 aliphatic heterocycles. The smallest absolute Gasteiger partial charge is 0.183 e. The fourth-order valence-electron chi connectivity index (χ4n) is 5.39. The summed E-state index contributed by atoms with van der Waals surface area (Å²) in [5.41, 5.74) is 3.75. The van der Waals surface area contributed by atoms with Gasteiger partial charge in [-0.3, -0.25) is 10.00 Å². The van der Waals surface area contributed by atoms with Crippen molar-refractivity contribution in [2.75, 3.05) is 44.3 Å². The minimum absolute atomic E-state index is 0.344. The van der Waals surface area contributed by atoms with Crippen LogP contribution in [0, 0.1) is 5.92 Å². The summed E-state index contributed by atoms with van der Waals surface area (Å²) in [6, 6.07) is 12.2. The molecule has 188 valence electrons. The Morgan fingerprint density at radius 1 is 1.00 bits per heavy atom. The number of morpholine rings is 1. The molecule has 0 aliphatic carbocycles. The Hall–Kier alpha value is -3.14. The largest absolute Gasteiger partial charge is 0.390 e. The van der Waals surface area contributed by atoms with Crippen LogP contribution in [0.5, 0.6) is 0 Å². The average Bonchev–Trinajstić information content (AvgIpc) is 3.33. The maximum atomic E-state index is 10.4. The molecule has 2 saturated heterocycles. The third-order valence-electron chi connectivity index (χ3n) is 7.55. The number of nitrogens with one attached hydrogen (secondary N) is 1. The number of para-hydroxylation sites is 1. The predicted molar refractivity (Wildman–Crippen MR) is 140 cm³/mol. The highest BCUT2D eigenvalue weighted by atomic mass is 16.5. The molecular formula is C27H33N7O2. The number of likely N-dealkylation sites (tertiary alicyclic amines) is 1. The number of aromatic nitrogens is 5. The number of aliphatic hydroxyl groups is 1. The van der Waals surface area contributed by atoms with E-state index in [0.717, 1.165) is 84.7 Å². The van der Waals surface area contributed by atoms with Crippen LogP contribution in [0.4, 0.5) is 5.82 Å². The van der Waals surface area contributed by atoms with E-state index in [9.17, 15) is 5.11 Å². The van der Waals surface area contributed by atoms with Crippen LogP contribution in [0.3, 0.4) is 0 Å². The number of fused-ring (bicyclic) bond motifs is 2. The first-order valence-electron chi connectivity index (χ1n) is 12.8. The van der Waals surface area contributed by atoms with E-state index in [4.69, 9.17) is 19.7 Å². The fourth-order valence-corrected chi connectivity index (χ4v) is 5.39. The van der Waals surface area contributed by atoms with Crippen molar-refractivity contribution in [3.63, 3.8) is 0 Å². The van der Waals surface area contributed by atoms with Gasteiger partial charge in [0.15, 0.2) is 11.6 Å². The Bertz CT molecular complexity index is 1370. The average molecular weight is 488 g/mol. The van der Waals surface area contributed by atoms with Gasteiger partial charge in [0.1, 0.15) is 11.2 Å². The van der Waals surface area contributed by atoms with Gasteiger partial charge in [0.05, 0.1) is 35.5 Å². The monoisotopic (exact) mass is 487 g/mol. The standard InChI is InChI=1S/C27H33N7O2/c1-27(2,35)18-9-11-33(12-10-18)17-19-7-8-22-24(28-19)26(34-13-15-36-16-14-34)30-25(29-22)23-20-5-3-4-6-21(20)31-32-23/h3-8,18,35H,9-17H2,1-2H3,(H,31,32). The topological polar surface area (TPSA) is 103 Å². The van der Waals surface area contributed by atoms with E-state index >= 15 is 0 Å². The predicted octanol–water partition coefficient (Wildman–Crippen LogP) is 3.39. The summed E-state index contributed by atoms with van der Waals surface area (Å²) in [6.07, 6.45) is 2.00. The van der Waals surface area contributed by atoms with Gasteiger partial charge in [-0.05, 0) is 63.9 Å². The Kier molecular flexibility index (Phi) is 6.07. The molecule has 0 saturated carbocycles. The van der Waals surface area contributed by atoms with Crippen molar-refractivity contribution in [1.82, 2.24) is 30.0 Å². The minimum Gasteiger partial charge on any atom is -0.390 e. The summed E-state index contributed by atoms with van der Waals surface area (Å²) in [6.45, 7) is 9.43. The Morgan fingerprint density at radius 3 is 2.56 bits per heavy atom. The van der Waals surface area contributed by atoms with E-state index in [0.29, 0.717) is 25.0 Å². The van der Waals surface area contributed by atoms with Crippen molar-refractivity contribution in [3.8, 4) is 11.5 Å². The van der Waals surface area contributed by atoms with Gasteiger partial charge >= 0.3 is 0 Å². The zero-order valence-electron chi connectivity index (χ0n) is 20.9. The lowest BCUT2D eigenvalue weighted by Gasteiger charge is -2.37. The number of hydrogen-bond acceptors (Lipinski definition) is 8. The third-order valence-corrected chi connectivity index (χ3v) is 7.55. The van der Waals surface area contributed by atoms with Gasteiger partial charge in [-0.1, -0.05) is 18.2 Å². The number of hydrogen-bond donors (Lipinski definition) is 2. The number of pyridine rings is 1. The molecule has 6 rings (SSSR count). The zero-order chi connectivity index (χ0) is 24.7. The maximum absolute atomic E-state index is 10.4. The van der Waals surface area contributed by atoms with Crippen LogP contribution in [-0.4, -0.2) is 80.1 Å². The minimum atomic E-state index is -0.616. The number of ether oxygens (including phenoxy) is 1. The molecule has 0 atom stereocenters. The van der Waals surface area contributed by atoms with Crippen LogP contribution in [0.2, 0.25) is 0 Å². The lowest BCUT2D eigenvalue weighted by molar-refractivity contribution is -0.0137. The molecule has 1 aromatic carbocycles. The summed E-state index contributed by atoms with van der Waals surface area (Å²) in [5, 5.41) is 19.0. The summed E-state index contributed by atoms with van der Waals surface area (Å²) in [7, 11) is 0. The van der Waals surface area contributed by atoms with Crippen molar-refractivity contribution in [3.05, 3.63) is 42.1 Å². The molecule has 0 bridgehead atoms. The normalized spacial score (nSPS) is 18.4. The number of rotatable bonds is 5. The second-order valence-corrected chi connectivity index (χ2v) is 10.5. The number of H-pyrrole nitrogens is 1. The van der Waals surface area contributed by atoms with E-state index in [2.05, 4.69) is 32.1 Å². The van der Waals surface area contributed by atoms with E-state index in [1.807, 2.05) is 38.1 Å². The molecule has 0 radical (unpaired) electrons. The van der Waals surface area contributed by atoms with Crippen LogP contribution >= 0.6 is 0 Å². The number of benzene rings is 1. The number of nitrogens with zero attached hydrogens (tertiary/aromatic N) is 6. The second kappa shape index (κ2) is 9.38. The summed E-state index contributed by atoms with van der Waals surface area (Å²) in [4.78, 5) is 19.7. The van der Waals surface area contributed by atoms with Crippen LogP contribution < -0.4 is 4.90 Å². The van der Waals surface area contributed by atoms with Crippen LogP contribution in [0.25, 0.3) is 33.5 Å². The van der Waals surface area contributed by atoms with Crippen LogP contribution in [0.15, 0.2) is 36.4 Å². The second-order valence-electron chi connectivity index (χ2n) is 10.5. The highest BCUT2D eigenvalue weighted by Crippen LogP contribution is 2.31. The molecule has 9 heteroatoms. The van der Waals surface area contributed by atoms with Gasteiger partial charge in [-0.15, -0.1) is 0 Å². The van der Waals surface area contributed by atoms with Crippen LogP contribution in [0.1, 0.15) is 32.4 Å². The lowest BCUT2D eigenvalue weighted by Crippen LogP contribution is -2.41. The Morgan fingerprint density at radius 2 is 1.78 bits per heavy atom. The molecule has 2 N–H and O–H groups in total. The fraction of sp³-hybridized carbons (Fsp3) is 0.481. The maximum Gasteiger partial charge on any atom is 0.183 e. The van der Waals surface area contributed by atoms with Crippen molar-refractivity contribution < 1.29 is 9.84 Å². The van der Waals surface area contributed by atoms with Gasteiger partial charge < -0.3 is 14.7 Å². The summed E-state index contributed by atoms with van der Waals surface area (Å²) < 4.78 is 5.60. The molecule has 9 nitrogen and oxygen atoms in total. The molecule has 3 aromatic heterocycles. The van der Waals surface area contributed by atoms with Gasteiger partial charge in [0, 0.05) is 25.0 Å². The van der Waals surface area contributed by atoms with Gasteiger partial charge in [0.2, 0.25) is 0 Å². The molecule has 0 spiro atoms. The first kappa shape index (κ1) is 23.3. The first-order chi connectivity index (χ1) is 17.5. The number of piperidine rings is 1. The molecule has 0 unspecified atom stereocenters. The van der Waals surface area contributed by atoms with Crippen molar-refractivity contribution in [2.24, 2.45) is 5.92 Å². The molecule has 0 amide bonds. The first-order valence-corrected chi connectivity index (χ1v) is 12.8. The summed E-state index contributed by atoms with van der Waals surface area (Å²) >= 11 is 0. The van der Waals surface area contributed by atoms with E-state index < -0.39 is 5.60 Å². The number of aromatic amines is 1. The highest BCUT2D eigenvalue weighted by Gasteiger charge is 2.30. The molecular weight excluding hydrogens is 454 g/mol. The number of anilines is 1. The third kappa shape index (κ3) is 4.54. The highest BCUT2D eigenvalue weighted by molar-refractivity contribution is 5.94. The lowest BCUT2D eigenvalue weighted by atomic mass is 9.83. The molecule has 2 aliphatic rings. The Labute approximate surface area is 210 Å². The Balaban J connectivity index is 1.34. The van der Waals surface area contributed by atoms with Gasteiger partial charge in [0.25, 0.3) is 0 Å².